The van der Waals surface area contributed by atoms with Gasteiger partial charge in [0.2, 0.25) is 0 Å². The van der Waals surface area contributed by atoms with Gasteiger partial charge in [-0.15, -0.1) is 11.3 Å². The maximum Gasteiger partial charge on any atom is 0.263 e. The zero-order chi connectivity index (χ0) is 18.8. The van der Waals surface area contributed by atoms with Crippen LogP contribution in [-0.4, -0.2) is 57.8 Å². The molecule has 0 bridgehead atoms. The molecule has 26 heavy (non-hydrogen) atoms. The molecule has 0 spiro atoms. The zero-order valence-electron chi connectivity index (χ0n) is 16.0. The van der Waals surface area contributed by atoms with Gasteiger partial charge in [-0.3, -0.25) is 14.4 Å². The normalized spacial score (nSPS) is 17.8. The molecule has 1 aliphatic heterocycles. The summed E-state index contributed by atoms with van der Waals surface area (Å²) in [6, 6.07) is 4.43. The molecule has 1 aliphatic rings. The average Bonchev–Trinajstić information content (AvgIpc) is 3.31. The fourth-order valence-electron chi connectivity index (χ4n) is 3.68. The lowest BCUT2D eigenvalue weighted by Gasteiger charge is -2.24. The monoisotopic (exact) mass is 376 g/mol. The fraction of sp³-hybridized carbons (Fsp3) is 0.579. The third kappa shape index (κ3) is 3.70. The molecule has 0 radical (unpaired) electrons. The number of hydrogen-bond donors (Lipinski definition) is 1. The molecule has 1 saturated heterocycles. The molecular weight excluding hydrogens is 348 g/mol. The van der Waals surface area contributed by atoms with E-state index in [-0.39, 0.29) is 12.5 Å². The van der Waals surface area contributed by atoms with Gasteiger partial charge in [-0.1, -0.05) is 0 Å². The molecule has 3 heterocycles. The molecule has 142 valence electrons. The van der Waals surface area contributed by atoms with E-state index in [1.54, 1.807) is 30.3 Å². The Bertz CT molecular complexity index is 781. The summed E-state index contributed by atoms with van der Waals surface area (Å²) in [5.74, 6) is 0.0720. The van der Waals surface area contributed by atoms with E-state index in [1.165, 1.54) is 16.9 Å². The Balaban J connectivity index is 1.78. The van der Waals surface area contributed by atoms with Gasteiger partial charge in [0, 0.05) is 42.8 Å². The molecule has 6 nitrogen and oxygen atoms in total. The highest BCUT2D eigenvalue weighted by atomic mass is 32.1. The van der Waals surface area contributed by atoms with Crippen LogP contribution in [-0.2, 0) is 13.1 Å². The number of nitrogens with zero attached hydrogens (tertiary/aromatic N) is 4. The minimum Gasteiger partial charge on any atom is -0.394 e. The van der Waals surface area contributed by atoms with Crippen LogP contribution in [0.5, 0.6) is 0 Å². The van der Waals surface area contributed by atoms with E-state index in [0.29, 0.717) is 12.6 Å². The summed E-state index contributed by atoms with van der Waals surface area (Å²) in [5.41, 5.74) is 3.43. The molecule has 0 aliphatic carbocycles. The van der Waals surface area contributed by atoms with Gasteiger partial charge in [-0.25, -0.2) is 0 Å². The molecule has 1 fully saturated rings. The third-order valence-corrected chi connectivity index (χ3v) is 6.31. The van der Waals surface area contributed by atoms with Crippen molar-refractivity contribution >= 4 is 17.2 Å². The highest BCUT2D eigenvalue weighted by molar-refractivity contribution is 7.14. The quantitative estimate of drug-likeness (QED) is 0.842. The molecule has 1 N–H and O–H groups in total. The summed E-state index contributed by atoms with van der Waals surface area (Å²) in [7, 11) is 3.58. The van der Waals surface area contributed by atoms with Gasteiger partial charge in [0.05, 0.1) is 23.7 Å². The number of carbonyl (C=O) groups excluding carboxylic acids is 1. The number of likely N-dealkylation sites (tertiary alicyclic amines) is 1. The Morgan fingerprint density at radius 1 is 1.38 bits per heavy atom. The van der Waals surface area contributed by atoms with Crippen LogP contribution in [0.4, 0.5) is 0 Å². The van der Waals surface area contributed by atoms with Crippen LogP contribution in [0.1, 0.15) is 50.4 Å². The largest absolute Gasteiger partial charge is 0.394 e. The van der Waals surface area contributed by atoms with Gasteiger partial charge in [-0.2, -0.15) is 5.10 Å². The molecule has 1 amide bonds. The first-order valence-corrected chi connectivity index (χ1v) is 9.93. The number of hydrogen-bond acceptors (Lipinski definition) is 5. The molecule has 3 rings (SSSR count). The van der Waals surface area contributed by atoms with Crippen LogP contribution in [0.2, 0.25) is 0 Å². The number of aromatic nitrogens is 2. The Morgan fingerprint density at radius 2 is 2.15 bits per heavy atom. The lowest BCUT2D eigenvalue weighted by Crippen LogP contribution is -2.23. The van der Waals surface area contributed by atoms with Crippen LogP contribution >= 0.6 is 11.3 Å². The highest BCUT2D eigenvalue weighted by Gasteiger charge is 2.29. The zero-order valence-corrected chi connectivity index (χ0v) is 16.8. The number of carbonyl (C=O) groups is 1. The third-order valence-electron chi connectivity index (χ3n) is 5.14. The van der Waals surface area contributed by atoms with Crippen molar-refractivity contribution in [3.63, 3.8) is 0 Å². The molecule has 1 atom stereocenters. The van der Waals surface area contributed by atoms with E-state index in [2.05, 4.69) is 23.0 Å². The molecule has 2 aromatic heterocycles. The molecule has 7 heteroatoms. The summed E-state index contributed by atoms with van der Waals surface area (Å²) in [6.45, 7) is 6.68. The lowest BCUT2D eigenvalue weighted by atomic mass is 10.1. The van der Waals surface area contributed by atoms with Crippen LogP contribution in [0.15, 0.2) is 12.1 Å². The minimum absolute atomic E-state index is 0.0720. The first-order valence-electron chi connectivity index (χ1n) is 9.11. The summed E-state index contributed by atoms with van der Waals surface area (Å²) in [4.78, 5) is 18.4. The second kappa shape index (κ2) is 7.90. The van der Waals surface area contributed by atoms with Crippen LogP contribution in [0.3, 0.4) is 0 Å². The summed E-state index contributed by atoms with van der Waals surface area (Å²) in [6.07, 6.45) is 2.29. The predicted octanol–water partition coefficient (Wildman–Crippen LogP) is 2.59. The van der Waals surface area contributed by atoms with E-state index in [4.69, 9.17) is 0 Å². The van der Waals surface area contributed by atoms with Gasteiger partial charge in [0.25, 0.3) is 5.91 Å². The summed E-state index contributed by atoms with van der Waals surface area (Å²) < 4.78 is 1.90. The van der Waals surface area contributed by atoms with Crippen molar-refractivity contribution in [2.24, 2.45) is 0 Å². The molecule has 0 aromatic carbocycles. The topological polar surface area (TPSA) is 61.6 Å². The van der Waals surface area contributed by atoms with Crippen LogP contribution < -0.4 is 0 Å². The van der Waals surface area contributed by atoms with E-state index in [0.717, 1.165) is 35.8 Å². The highest BCUT2D eigenvalue weighted by Crippen LogP contribution is 2.37. The van der Waals surface area contributed by atoms with Crippen molar-refractivity contribution in [2.45, 2.75) is 45.8 Å². The molecule has 0 saturated carbocycles. The maximum absolute atomic E-state index is 12.2. The van der Waals surface area contributed by atoms with E-state index in [9.17, 15) is 9.90 Å². The van der Waals surface area contributed by atoms with Gasteiger partial charge < -0.3 is 10.0 Å². The van der Waals surface area contributed by atoms with Crippen LogP contribution in [0.25, 0.3) is 0 Å². The maximum atomic E-state index is 12.2. The van der Waals surface area contributed by atoms with Gasteiger partial charge in [-0.05, 0) is 45.4 Å². The van der Waals surface area contributed by atoms with E-state index < -0.39 is 0 Å². The van der Waals surface area contributed by atoms with Crippen molar-refractivity contribution in [2.75, 3.05) is 27.2 Å². The number of aliphatic hydroxyl groups excluding tert-OH is 1. The van der Waals surface area contributed by atoms with Crippen molar-refractivity contribution in [1.82, 2.24) is 19.6 Å². The average molecular weight is 377 g/mol. The predicted molar refractivity (Wildman–Crippen MR) is 104 cm³/mol. The van der Waals surface area contributed by atoms with E-state index >= 15 is 0 Å². The van der Waals surface area contributed by atoms with Gasteiger partial charge >= 0.3 is 0 Å². The standard InChI is InChI=1S/C19H28N4O2S/c1-13-15(14(2)23(20-13)10-11-24)12-22-9-5-6-16(22)17-7-8-18(26-17)19(25)21(3)4/h7-8,16,24H,5-6,9-12H2,1-4H3/t16-/m0/s1. The lowest BCUT2D eigenvalue weighted by molar-refractivity contribution is 0.0832. The van der Waals surface area contributed by atoms with Crippen molar-refractivity contribution in [3.05, 3.63) is 38.8 Å². The second-order valence-corrected chi connectivity index (χ2v) is 8.24. The summed E-state index contributed by atoms with van der Waals surface area (Å²) in [5, 5.41) is 13.8. The van der Waals surface area contributed by atoms with Gasteiger partial charge in [0.1, 0.15) is 0 Å². The van der Waals surface area contributed by atoms with Gasteiger partial charge in [0.15, 0.2) is 0 Å². The molecule has 2 aromatic rings. The number of rotatable bonds is 6. The SMILES string of the molecule is Cc1nn(CCO)c(C)c1CN1CCC[C@H]1c1ccc(C(=O)N(C)C)s1. The smallest absolute Gasteiger partial charge is 0.263 e. The second-order valence-electron chi connectivity index (χ2n) is 7.13. The Morgan fingerprint density at radius 3 is 2.85 bits per heavy atom. The van der Waals surface area contributed by atoms with E-state index in [1.807, 2.05) is 17.7 Å². The Hall–Kier alpha value is -1.70. The van der Waals surface area contributed by atoms with Crippen LogP contribution in [0, 0.1) is 13.8 Å². The number of aliphatic hydroxyl groups is 1. The summed E-state index contributed by atoms with van der Waals surface area (Å²) >= 11 is 1.62. The first kappa shape index (κ1) is 19.1. The first-order chi connectivity index (χ1) is 12.4. The van der Waals surface area contributed by atoms with Crippen molar-refractivity contribution in [3.8, 4) is 0 Å². The van der Waals surface area contributed by atoms with Crippen molar-refractivity contribution in [1.29, 1.82) is 0 Å². The Labute approximate surface area is 159 Å². The van der Waals surface area contributed by atoms with Crippen molar-refractivity contribution < 1.29 is 9.90 Å². The fourth-order valence-corrected chi connectivity index (χ4v) is 4.88. The number of thiophene rings is 1. The molecule has 0 unspecified atom stereocenters. The number of amides is 1. The Kier molecular flexibility index (Phi) is 5.79. The minimum atomic E-state index is 0.0720. The number of aryl methyl sites for hydroxylation is 1. The molecular formula is C19H28N4O2S.